The van der Waals surface area contributed by atoms with Gasteiger partial charge in [0.15, 0.2) is 5.78 Å². The monoisotopic (exact) mass is 294 g/mol. The van der Waals surface area contributed by atoms with Crippen molar-refractivity contribution in [2.45, 2.75) is 45.0 Å². The fraction of sp³-hybridized carbons (Fsp3) is 0.688. The molecule has 2 bridgehead atoms. The Labute approximate surface area is 125 Å². The maximum Gasteiger partial charge on any atom is 0.182 e. The summed E-state index contributed by atoms with van der Waals surface area (Å²) in [5, 5.41) is -0.449. The van der Waals surface area contributed by atoms with Crippen LogP contribution in [0.1, 0.15) is 47.6 Å². The van der Waals surface area contributed by atoms with Gasteiger partial charge in [0, 0.05) is 29.5 Å². The van der Waals surface area contributed by atoms with Crippen LogP contribution in [0.5, 0.6) is 0 Å². The minimum absolute atomic E-state index is 0.0484. The van der Waals surface area contributed by atoms with Crippen LogP contribution in [-0.2, 0) is 0 Å². The summed E-state index contributed by atoms with van der Waals surface area (Å²) < 4.78 is 2.39. The van der Waals surface area contributed by atoms with Crippen molar-refractivity contribution in [3.8, 4) is 0 Å². The summed E-state index contributed by atoms with van der Waals surface area (Å²) in [6.07, 6.45) is 2.58. The Morgan fingerprint density at radius 1 is 1.35 bits per heavy atom. The van der Waals surface area contributed by atoms with Gasteiger partial charge in [0.05, 0.1) is 5.38 Å². The number of hydrogen-bond acceptors (Lipinski definition) is 2. The highest BCUT2D eigenvalue weighted by Gasteiger charge is 2.36. The lowest BCUT2D eigenvalue weighted by atomic mass is 9.83. The first kappa shape index (κ1) is 14.2. The number of piperidine rings is 3. The van der Waals surface area contributed by atoms with Crippen LogP contribution in [0.4, 0.5) is 0 Å². The highest BCUT2D eigenvalue weighted by molar-refractivity contribution is 6.33. The molecule has 0 radical (unpaired) electrons. The number of nitrogens with zero attached hydrogens (tertiary/aromatic N) is 2. The second-order valence-electron chi connectivity index (χ2n) is 6.34. The van der Waals surface area contributed by atoms with Crippen LogP contribution < -0.4 is 0 Å². The van der Waals surface area contributed by atoms with Crippen molar-refractivity contribution >= 4 is 17.4 Å². The van der Waals surface area contributed by atoms with Crippen LogP contribution in [0.2, 0.25) is 0 Å². The molecule has 3 aliphatic rings. The molecule has 0 amide bonds. The number of fused-ring (bicyclic) bond motifs is 3. The molecule has 3 saturated heterocycles. The van der Waals surface area contributed by atoms with E-state index in [1.54, 1.807) is 6.92 Å². The predicted octanol–water partition coefficient (Wildman–Crippen LogP) is 3.18. The predicted molar refractivity (Wildman–Crippen MR) is 81.8 cm³/mol. The van der Waals surface area contributed by atoms with Crippen molar-refractivity contribution < 1.29 is 4.79 Å². The molecule has 1 aromatic rings. The van der Waals surface area contributed by atoms with Gasteiger partial charge in [-0.1, -0.05) is 0 Å². The molecular formula is C16H23ClN2O. The van der Waals surface area contributed by atoms with Gasteiger partial charge in [-0.2, -0.15) is 0 Å². The molecule has 2 atom stereocenters. The number of alkyl halides is 1. The summed E-state index contributed by atoms with van der Waals surface area (Å²) in [7, 11) is 0. The first-order valence-corrected chi connectivity index (χ1v) is 8.01. The van der Waals surface area contributed by atoms with E-state index in [1.807, 2.05) is 6.07 Å². The quantitative estimate of drug-likeness (QED) is 0.632. The lowest BCUT2D eigenvalue weighted by Gasteiger charge is -2.46. The Kier molecular flexibility index (Phi) is 3.67. The van der Waals surface area contributed by atoms with Crippen molar-refractivity contribution in [3.05, 3.63) is 23.0 Å². The molecule has 1 aromatic heterocycles. The number of Topliss-reactive ketones (excluding diaryl/α,β-unsaturated/α-hetero) is 1. The van der Waals surface area contributed by atoms with Crippen LogP contribution in [0.3, 0.4) is 0 Å². The molecule has 0 saturated carbocycles. The molecular weight excluding hydrogens is 272 g/mol. The van der Waals surface area contributed by atoms with E-state index in [2.05, 4.69) is 23.3 Å². The molecule has 110 valence electrons. The topological polar surface area (TPSA) is 25.2 Å². The highest BCUT2D eigenvalue weighted by Crippen LogP contribution is 2.38. The Morgan fingerprint density at radius 2 is 2.00 bits per heavy atom. The van der Waals surface area contributed by atoms with Crippen LogP contribution in [-0.4, -0.2) is 40.3 Å². The van der Waals surface area contributed by atoms with Crippen molar-refractivity contribution in [1.29, 1.82) is 0 Å². The summed E-state index contributed by atoms with van der Waals surface area (Å²) in [6, 6.07) is 2.55. The lowest BCUT2D eigenvalue weighted by Crippen LogP contribution is -2.48. The third-order valence-corrected chi connectivity index (χ3v) is 5.26. The number of carbonyl (C=O) groups is 1. The zero-order valence-electron chi connectivity index (χ0n) is 12.5. The molecule has 4 heterocycles. The van der Waals surface area contributed by atoms with Gasteiger partial charge < -0.3 is 9.47 Å². The Morgan fingerprint density at radius 3 is 2.50 bits per heavy atom. The second kappa shape index (κ2) is 5.19. The summed E-state index contributed by atoms with van der Waals surface area (Å²) in [5.74, 6) is 0.813. The maximum absolute atomic E-state index is 12.2. The number of aromatic nitrogens is 1. The number of hydrogen-bond donors (Lipinski definition) is 0. The molecule has 3 nitrogen and oxygen atoms in total. The first-order valence-electron chi connectivity index (χ1n) is 7.58. The van der Waals surface area contributed by atoms with Gasteiger partial charge in [0.25, 0.3) is 0 Å². The van der Waals surface area contributed by atoms with Gasteiger partial charge in [-0.05, 0) is 58.7 Å². The summed E-state index contributed by atoms with van der Waals surface area (Å²) in [6.45, 7) is 9.54. The Balaban J connectivity index is 1.96. The van der Waals surface area contributed by atoms with E-state index < -0.39 is 5.38 Å². The van der Waals surface area contributed by atoms with E-state index in [0.717, 1.165) is 23.7 Å². The molecule has 3 aliphatic heterocycles. The fourth-order valence-electron chi connectivity index (χ4n) is 3.98. The number of aryl methyl sites for hydroxylation is 1. The molecule has 3 fully saturated rings. The van der Waals surface area contributed by atoms with E-state index in [0.29, 0.717) is 6.04 Å². The lowest BCUT2D eigenvalue weighted by molar-refractivity contribution is 0.0554. The van der Waals surface area contributed by atoms with Gasteiger partial charge in [0.2, 0.25) is 0 Å². The zero-order valence-corrected chi connectivity index (χ0v) is 13.3. The third kappa shape index (κ3) is 2.21. The van der Waals surface area contributed by atoms with Gasteiger partial charge in [-0.3, -0.25) is 4.79 Å². The molecule has 2 unspecified atom stereocenters. The fourth-order valence-corrected chi connectivity index (χ4v) is 4.10. The van der Waals surface area contributed by atoms with Crippen molar-refractivity contribution in [2.24, 2.45) is 5.92 Å². The van der Waals surface area contributed by atoms with E-state index in [9.17, 15) is 4.79 Å². The maximum atomic E-state index is 12.2. The number of ketones is 1. The van der Waals surface area contributed by atoms with Crippen LogP contribution >= 0.6 is 11.6 Å². The molecule has 0 aliphatic carbocycles. The van der Waals surface area contributed by atoms with Gasteiger partial charge in [-0.15, -0.1) is 11.6 Å². The Bertz CT molecular complexity index is 527. The molecule has 0 aromatic carbocycles. The summed E-state index contributed by atoms with van der Waals surface area (Å²) in [5.41, 5.74) is 3.10. The standard InChI is InChI=1S/C16H23ClN2O/c1-10-8-14(16(20)11(2)17)12(3)19(10)15-9-18-6-4-13(15)5-7-18/h8,11,13,15H,4-7,9H2,1-3H3. The largest absolute Gasteiger partial charge is 0.344 e. The Hall–Kier alpha value is -0.800. The van der Waals surface area contributed by atoms with Crippen LogP contribution in [0, 0.1) is 19.8 Å². The number of halogens is 1. The zero-order chi connectivity index (χ0) is 14.4. The summed E-state index contributed by atoms with van der Waals surface area (Å²) >= 11 is 5.98. The van der Waals surface area contributed by atoms with Crippen LogP contribution in [0.25, 0.3) is 0 Å². The van der Waals surface area contributed by atoms with Gasteiger partial charge in [-0.25, -0.2) is 0 Å². The number of rotatable bonds is 3. The average Bonchev–Trinajstić information content (AvgIpc) is 2.74. The van der Waals surface area contributed by atoms with E-state index in [4.69, 9.17) is 11.6 Å². The van der Waals surface area contributed by atoms with Crippen molar-refractivity contribution in [1.82, 2.24) is 9.47 Å². The van der Waals surface area contributed by atoms with E-state index in [1.165, 1.54) is 31.6 Å². The van der Waals surface area contributed by atoms with Gasteiger partial charge in [0.1, 0.15) is 0 Å². The first-order chi connectivity index (χ1) is 9.49. The third-order valence-electron chi connectivity index (χ3n) is 5.06. The molecule has 4 rings (SSSR count). The second-order valence-corrected chi connectivity index (χ2v) is 7.00. The van der Waals surface area contributed by atoms with Crippen molar-refractivity contribution in [2.75, 3.05) is 19.6 Å². The smallest absolute Gasteiger partial charge is 0.182 e. The van der Waals surface area contributed by atoms with E-state index >= 15 is 0 Å². The van der Waals surface area contributed by atoms with Crippen molar-refractivity contribution in [3.63, 3.8) is 0 Å². The summed E-state index contributed by atoms with van der Waals surface area (Å²) in [4.78, 5) is 14.8. The van der Waals surface area contributed by atoms with Crippen LogP contribution in [0.15, 0.2) is 6.07 Å². The normalized spacial score (nSPS) is 30.5. The van der Waals surface area contributed by atoms with Gasteiger partial charge >= 0.3 is 0 Å². The van der Waals surface area contributed by atoms with E-state index in [-0.39, 0.29) is 5.78 Å². The highest BCUT2D eigenvalue weighted by atomic mass is 35.5. The minimum atomic E-state index is -0.449. The number of carbonyl (C=O) groups excluding carboxylic acids is 1. The SMILES string of the molecule is Cc1cc(C(=O)C(C)Cl)c(C)n1C1CN2CCC1CC2. The molecule has 4 heteroatoms. The molecule has 20 heavy (non-hydrogen) atoms. The average molecular weight is 295 g/mol. The molecule has 0 N–H and O–H groups in total. The molecule has 0 spiro atoms. The minimum Gasteiger partial charge on any atom is -0.344 e.